The van der Waals surface area contributed by atoms with E-state index in [4.69, 9.17) is 0 Å². The second kappa shape index (κ2) is 4.70. The van der Waals surface area contributed by atoms with Crippen LogP contribution in [0.25, 0.3) is 10.8 Å². The third-order valence-electron chi connectivity index (χ3n) is 6.96. The number of allylic oxidation sites excluding steroid dienone is 2. The Balaban J connectivity index is 1.35. The zero-order valence-corrected chi connectivity index (χ0v) is 14.2. The van der Waals surface area contributed by atoms with Gasteiger partial charge >= 0.3 is 0 Å². The van der Waals surface area contributed by atoms with Crippen molar-refractivity contribution >= 4 is 28.8 Å². The summed E-state index contributed by atoms with van der Waals surface area (Å²) in [5.74, 6) is -0.119. The number of imide groups is 1. The van der Waals surface area contributed by atoms with Gasteiger partial charge in [0.05, 0.1) is 18.1 Å². The van der Waals surface area contributed by atoms with Gasteiger partial charge in [-0.05, 0) is 40.9 Å². The van der Waals surface area contributed by atoms with Crippen LogP contribution in [0, 0.1) is 29.1 Å². The fourth-order valence-electron chi connectivity index (χ4n) is 5.66. The van der Waals surface area contributed by atoms with Crippen LogP contribution in [0.5, 0.6) is 0 Å². The number of hydrogen-bond donors (Lipinski definition) is 0. The summed E-state index contributed by atoms with van der Waals surface area (Å²) in [6.45, 7) is 0. The summed E-state index contributed by atoms with van der Waals surface area (Å²) in [6.07, 6.45) is 8.33. The van der Waals surface area contributed by atoms with Gasteiger partial charge in [-0.15, -0.1) is 0 Å². The van der Waals surface area contributed by atoms with Crippen LogP contribution in [-0.4, -0.2) is 23.0 Å². The lowest BCUT2D eigenvalue weighted by atomic mass is 9.85. The number of fused-ring (bicyclic) bond motifs is 4. The molecule has 3 aliphatic carbocycles. The molecule has 3 fully saturated rings. The van der Waals surface area contributed by atoms with Crippen LogP contribution in [0.2, 0.25) is 0 Å². The fraction of sp³-hybridized carbons (Fsp3) is 0.318. The molecule has 1 saturated heterocycles. The lowest BCUT2D eigenvalue weighted by molar-refractivity contribution is -0.141. The Kier molecular flexibility index (Phi) is 2.61. The van der Waals surface area contributed by atoms with E-state index < -0.39 is 0 Å². The largest absolute Gasteiger partial charge is 0.272 e. The van der Waals surface area contributed by atoms with Gasteiger partial charge in [-0.3, -0.25) is 9.59 Å². The van der Waals surface area contributed by atoms with Gasteiger partial charge in [0.25, 0.3) is 11.8 Å². The van der Waals surface area contributed by atoms with E-state index in [1.807, 2.05) is 42.5 Å². The van der Waals surface area contributed by atoms with Gasteiger partial charge in [0, 0.05) is 5.56 Å². The Morgan fingerprint density at radius 3 is 2.27 bits per heavy atom. The Morgan fingerprint density at radius 1 is 0.923 bits per heavy atom. The number of benzene rings is 2. The minimum atomic E-state index is -0.190. The molecular weight excluding hydrogens is 324 g/mol. The molecule has 4 atom stereocenters. The van der Waals surface area contributed by atoms with Crippen LogP contribution >= 0.6 is 0 Å². The highest BCUT2D eigenvalue weighted by molar-refractivity contribution is 6.08. The fourth-order valence-corrected chi connectivity index (χ4v) is 5.66. The van der Waals surface area contributed by atoms with Crippen LogP contribution in [0.4, 0.5) is 0 Å². The molecule has 2 saturated carbocycles. The molecule has 2 aromatic carbocycles. The van der Waals surface area contributed by atoms with Crippen molar-refractivity contribution in [3.8, 4) is 0 Å². The smallest absolute Gasteiger partial charge is 0.254 e. The molecule has 2 bridgehead atoms. The van der Waals surface area contributed by atoms with Crippen molar-refractivity contribution in [2.45, 2.75) is 12.8 Å². The molecule has 128 valence electrons. The van der Waals surface area contributed by atoms with Crippen LogP contribution < -0.4 is 0 Å². The van der Waals surface area contributed by atoms with Crippen LogP contribution in [0.1, 0.15) is 18.4 Å². The van der Waals surface area contributed by atoms with E-state index in [0.717, 1.165) is 34.2 Å². The molecule has 6 rings (SSSR count). The zero-order valence-electron chi connectivity index (χ0n) is 14.2. The summed E-state index contributed by atoms with van der Waals surface area (Å²) >= 11 is 0. The number of rotatable bonds is 2. The highest BCUT2D eigenvalue weighted by Gasteiger charge is 2.73. The first-order valence-electron chi connectivity index (χ1n) is 9.29. The number of carbonyl (C=O) groups excluding carboxylic acids is 2. The van der Waals surface area contributed by atoms with Crippen molar-refractivity contribution in [2.75, 3.05) is 0 Å². The SMILES string of the molecule is O=C1[C@@H]2[C@H](C(=O)N1/N=C\c1cccc3ccccc13)[C@@H]1C=C[C@@H]2C12CC2. The van der Waals surface area contributed by atoms with Crippen LogP contribution in [0.3, 0.4) is 0 Å². The van der Waals surface area contributed by atoms with E-state index in [1.54, 1.807) is 6.21 Å². The predicted octanol–water partition coefficient (Wildman–Crippen LogP) is 3.37. The molecule has 1 heterocycles. The van der Waals surface area contributed by atoms with Crippen molar-refractivity contribution in [2.24, 2.45) is 34.2 Å². The van der Waals surface area contributed by atoms with E-state index >= 15 is 0 Å². The summed E-state index contributed by atoms with van der Waals surface area (Å²) in [4.78, 5) is 25.9. The van der Waals surface area contributed by atoms with Crippen LogP contribution in [0.15, 0.2) is 59.7 Å². The maximum Gasteiger partial charge on any atom is 0.254 e. The summed E-state index contributed by atoms with van der Waals surface area (Å²) in [6, 6.07) is 14.0. The average molecular weight is 342 g/mol. The molecule has 2 amide bonds. The number of nitrogens with zero attached hydrogens (tertiary/aromatic N) is 2. The van der Waals surface area contributed by atoms with Crippen LogP contribution in [-0.2, 0) is 9.59 Å². The molecule has 4 heteroatoms. The molecule has 0 aromatic heterocycles. The molecule has 26 heavy (non-hydrogen) atoms. The van der Waals surface area contributed by atoms with Gasteiger partial charge < -0.3 is 0 Å². The maximum absolute atomic E-state index is 12.9. The van der Waals surface area contributed by atoms with Gasteiger partial charge in [-0.2, -0.15) is 10.1 Å². The maximum atomic E-state index is 12.9. The van der Waals surface area contributed by atoms with Gasteiger partial charge in [-0.25, -0.2) is 0 Å². The van der Waals surface area contributed by atoms with Gasteiger partial charge in [-0.1, -0.05) is 54.6 Å². The molecule has 4 nitrogen and oxygen atoms in total. The van der Waals surface area contributed by atoms with E-state index in [0.29, 0.717) is 0 Å². The summed E-state index contributed by atoms with van der Waals surface area (Å²) < 4.78 is 0. The molecule has 0 N–H and O–H groups in total. The predicted molar refractivity (Wildman–Crippen MR) is 98.2 cm³/mol. The van der Waals surface area contributed by atoms with E-state index in [9.17, 15) is 9.59 Å². The average Bonchev–Trinajstić information content (AvgIpc) is 3.27. The third kappa shape index (κ3) is 1.62. The Labute approximate surface area is 151 Å². The standard InChI is InChI=1S/C22H18N2O2/c25-20-18-16-8-9-17(22(16)10-11-22)19(18)21(26)24(20)23-12-14-6-3-5-13-4-1-2-7-15(13)14/h1-9,12,16-19H,10-11H2/b23-12-/t16-,17-,18-,19+/m0/s1. The third-order valence-corrected chi connectivity index (χ3v) is 6.96. The van der Waals surface area contributed by atoms with Crippen molar-refractivity contribution in [1.82, 2.24) is 5.01 Å². The summed E-state index contributed by atoms with van der Waals surface area (Å²) in [5.41, 5.74) is 1.15. The molecule has 1 aliphatic heterocycles. The summed E-state index contributed by atoms with van der Waals surface area (Å²) in [5, 5.41) is 7.66. The molecule has 0 unspecified atom stereocenters. The number of hydrogen-bond acceptors (Lipinski definition) is 3. The lowest BCUT2D eigenvalue weighted by Gasteiger charge is -2.18. The normalized spacial score (nSPS) is 33.2. The Morgan fingerprint density at radius 2 is 1.58 bits per heavy atom. The van der Waals surface area contributed by atoms with Crippen molar-refractivity contribution in [3.05, 3.63) is 60.2 Å². The first kappa shape index (κ1) is 14.4. The quantitative estimate of drug-likeness (QED) is 0.477. The molecule has 1 spiro atoms. The number of amides is 2. The first-order valence-corrected chi connectivity index (χ1v) is 9.29. The lowest BCUT2D eigenvalue weighted by Crippen LogP contribution is -2.30. The Hall–Kier alpha value is -2.75. The van der Waals surface area contributed by atoms with Crippen molar-refractivity contribution < 1.29 is 9.59 Å². The topological polar surface area (TPSA) is 49.7 Å². The van der Waals surface area contributed by atoms with Gasteiger partial charge in [0.15, 0.2) is 0 Å². The molecule has 2 aromatic rings. The summed E-state index contributed by atoms with van der Waals surface area (Å²) in [7, 11) is 0. The second-order valence-corrected chi connectivity index (χ2v) is 8.02. The molecule has 0 radical (unpaired) electrons. The van der Waals surface area contributed by atoms with E-state index in [-0.39, 0.29) is 40.9 Å². The van der Waals surface area contributed by atoms with E-state index in [1.165, 1.54) is 0 Å². The zero-order chi connectivity index (χ0) is 17.5. The molecule has 4 aliphatic rings. The molecular formula is C22H18N2O2. The van der Waals surface area contributed by atoms with E-state index in [2.05, 4.69) is 17.3 Å². The highest BCUT2D eigenvalue weighted by atomic mass is 16.2. The van der Waals surface area contributed by atoms with Crippen molar-refractivity contribution in [1.29, 1.82) is 0 Å². The highest BCUT2D eigenvalue weighted by Crippen LogP contribution is 2.73. The van der Waals surface area contributed by atoms with Gasteiger partial charge in [0.1, 0.15) is 0 Å². The number of hydrazone groups is 1. The first-order chi connectivity index (χ1) is 12.7. The second-order valence-electron chi connectivity index (χ2n) is 8.02. The number of carbonyl (C=O) groups is 2. The minimum absolute atomic E-state index is 0.111. The monoisotopic (exact) mass is 342 g/mol. The van der Waals surface area contributed by atoms with Crippen molar-refractivity contribution in [3.63, 3.8) is 0 Å². The Bertz CT molecular complexity index is 994. The van der Waals surface area contributed by atoms with Gasteiger partial charge in [0.2, 0.25) is 0 Å². The minimum Gasteiger partial charge on any atom is -0.272 e.